The van der Waals surface area contributed by atoms with Gasteiger partial charge in [-0.05, 0) is 36.2 Å². The molecule has 0 bridgehead atoms. The second kappa shape index (κ2) is 10.6. The maximum Gasteiger partial charge on any atom is 0.264 e. The molecule has 10 heteroatoms. The first-order valence-corrected chi connectivity index (χ1v) is 13.3. The fraction of sp³-hybridized carbons (Fsp3) is 0.231. The van der Waals surface area contributed by atoms with E-state index in [1.807, 2.05) is 44.2 Å². The van der Waals surface area contributed by atoms with E-state index in [9.17, 15) is 18.0 Å². The number of fused-ring (bicyclic) bond motifs is 1. The molecule has 8 nitrogen and oxygen atoms in total. The minimum absolute atomic E-state index is 0.104. The van der Waals surface area contributed by atoms with Crippen molar-refractivity contribution in [2.24, 2.45) is 10.9 Å². The van der Waals surface area contributed by atoms with Crippen molar-refractivity contribution in [3.8, 4) is 0 Å². The smallest absolute Gasteiger partial charge is 0.264 e. The predicted molar refractivity (Wildman–Crippen MR) is 139 cm³/mol. The molecule has 1 unspecified atom stereocenters. The van der Waals surface area contributed by atoms with Gasteiger partial charge < -0.3 is 4.90 Å². The summed E-state index contributed by atoms with van der Waals surface area (Å²) in [6.07, 6.45) is 3.31. The van der Waals surface area contributed by atoms with E-state index >= 15 is 0 Å². The van der Waals surface area contributed by atoms with Gasteiger partial charge in [0.2, 0.25) is 0 Å². The van der Waals surface area contributed by atoms with Crippen molar-refractivity contribution in [2.45, 2.75) is 31.2 Å². The van der Waals surface area contributed by atoms with Crippen LogP contribution < -0.4 is 9.62 Å². The van der Waals surface area contributed by atoms with Crippen LogP contribution in [0.2, 0.25) is 5.02 Å². The molecule has 36 heavy (non-hydrogen) atoms. The van der Waals surface area contributed by atoms with Crippen LogP contribution in [0.4, 0.5) is 5.69 Å². The molecule has 1 aromatic heterocycles. The standard InChI is InChI=1S/C26H25ClN4O4S/c1-3-17(2)24-26(33)31(16-23(32)30-36(34,35)20-11-13-28-14-12-20)22-10-9-19(27)15-21(22)25(29-24)18-7-5-4-6-8-18/h4-15,17,24H,3,16H2,1-2H3,(H,30,32)/t17-,24?/m0/s1. The lowest BCUT2D eigenvalue weighted by Gasteiger charge is -2.26. The average Bonchev–Trinajstić information content (AvgIpc) is 2.99. The Morgan fingerprint density at radius 3 is 2.47 bits per heavy atom. The summed E-state index contributed by atoms with van der Waals surface area (Å²) in [6.45, 7) is 3.37. The van der Waals surface area contributed by atoms with Gasteiger partial charge in [0.1, 0.15) is 12.6 Å². The Morgan fingerprint density at radius 1 is 1.11 bits per heavy atom. The molecule has 2 heterocycles. The molecule has 0 spiro atoms. The molecule has 1 aliphatic rings. The van der Waals surface area contributed by atoms with Crippen molar-refractivity contribution >= 4 is 44.8 Å². The molecule has 2 amide bonds. The van der Waals surface area contributed by atoms with Gasteiger partial charge in [0.05, 0.1) is 16.3 Å². The molecule has 0 aliphatic carbocycles. The fourth-order valence-electron chi connectivity index (χ4n) is 3.96. The number of hydrogen-bond donors (Lipinski definition) is 1. The summed E-state index contributed by atoms with van der Waals surface area (Å²) in [5.41, 5.74) is 2.39. The molecule has 0 radical (unpaired) electrons. The van der Waals surface area contributed by atoms with Gasteiger partial charge in [0, 0.05) is 28.5 Å². The number of nitrogens with zero attached hydrogens (tertiary/aromatic N) is 3. The van der Waals surface area contributed by atoms with Crippen LogP contribution in [0.15, 0.2) is 82.9 Å². The number of anilines is 1. The molecule has 2 aromatic carbocycles. The van der Waals surface area contributed by atoms with Crippen molar-refractivity contribution in [1.82, 2.24) is 9.71 Å². The summed E-state index contributed by atoms with van der Waals surface area (Å²) in [7, 11) is -4.14. The summed E-state index contributed by atoms with van der Waals surface area (Å²) in [5, 5.41) is 0.441. The van der Waals surface area contributed by atoms with Crippen LogP contribution in [-0.4, -0.2) is 43.5 Å². The number of amides is 2. The average molecular weight is 525 g/mol. The van der Waals surface area contributed by atoms with Crippen molar-refractivity contribution in [3.05, 3.63) is 89.2 Å². The summed E-state index contributed by atoms with van der Waals surface area (Å²) in [5.74, 6) is -1.38. The zero-order valence-electron chi connectivity index (χ0n) is 19.8. The van der Waals surface area contributed by atoms with Crippen LogP contribution in [0.3, 0.4) is 0 Å². The topological polar surface area (TPSA) is 109 Å². The molecule has 186 valence electrons. The second-order valence-electron chi connectivity index (χ2n) is 8.47. The number of carbonyl (C=O) groups excluding carboxylic acids is 2. The number of halogens is 1. The minimum Gasteiger partial charge on any atom is -0.300 e. The third-order valence-corrected chi connectivity index (χ3v) is 7.66. The molecular formula is C26H25ClN4O4S. The third-order valence-electron chi connectivity index (χ3n) is 6.03. The first-order chi connectivity index (χ1) is 17.2. The van der Waals surface area contributed by atoms with Crippen LogP contribution in [0, 0.1) is 5.92 Å². The van der Waals surface area contributed by atoms with Gasteiger partial charge in [-0.15, -0.1) is 0 Å². The Bertz CT molecular complexity index is 1410. The van der Waals surface area contributed by atoms with Crippen LogP contribution in [0.5, 0.6) is 0 Å². The van der Waals surface area contributed by atoms with Crippen molar-refractivity contribution < 1.29 is 18.0 Å². The quantitative estimate of drug-likeness (QED) is 0.505. The Labute approximate surface area is 215 Å². The van der Waals surface area contributed by atoms with E-state index in [1.54, 1.807) is 18.2 Å². The molecule has 0 saturated heterocycles. The number of sulfonamides is 1. The number of benzene rings is 2. The van der Waals surface area contributed by atoms with Crippen LogP contribution in [-0.2, 0) is 19.6 Å². The largest absolute Gasteiger partial charge is 0.300 e. The normalized spacial score (nSPS) is 16.5. The lowest BCUT2D eigenvalue weighted by molar-refractivity contribution is -0.124. The second-order valence-corrected chi connectivity index (χ2v) is 10.6. The van der Waals surface area contributed by atoms with Gasteiger partial charge in [0.25, 0.3) is 21.8 Å². The monoisotopic (exact) mass is 524 g/mol. The number of carbonyl (C=O) groups is 2. The van der Waals surface area contributed by atoms with Crippen molar-refractivity contribution in [1.29, 1.82) is 0 Å². The molecule has 2 atom stereocenters. The van der Waals surface area contributed by atoms with Crippen LogP contribution in [0.1, 0.15) is 31.4 Å². The molecule has 1 aliphatic heterocycles. The molecule has 1 N–H and O–H groups in total. The maximum absolute atomic E-state index is 13.8. The predicted octanol–water partition coefficient (Wildman–Crippen LogP) is 3.84. The number of rotatable bonds is 7. The van der Waals surface area contributed by atoms with Gasteiger partial charge in [0.15, 0.2) is 0 Å². The molecular weight excluding hydrogens is 500 g/mol. The van der Waals surface area contributed by atoms with Gasteiger partial charge in [-0.1, -0.05) is 62.2 Å². The van der Waals surface area contributed by atoms with E-state index in [2.05, 4.69) is 9.71 Å². The van der Waals surface area contributed by atoms with Crippen molar-refractivity contribution in [3.63, 3.8) is 0 Å². The van der Waals surface area contributed by atoms with Gasteiger partial charge in [-0.2, -0.15) is 0 Å². The van der Waals surface area contributed by atoms with Gasteiger partial charge >= 0.3 is 0 Å². The van der Waals surface area contributed by atoms with Crippen molar-refractivity contribution in [2.75, 3.05) is 11.4 Å². The summed E-state index contributed by atoms with van der Waals surface area (Å²) < 4.78 is 27.4. The van der Waals surface area contributed by atoms with Crippen LogP contribution in [0.25, 0.3) is 0 Å². The first-order valence-electron chi connectivity index (χ1n) is 11.4. The Balaban J connectivity index is 1.77. The van der Waals surface area contributed by atoms with E-state index in [-0.39, 0.29) is 10.8 Å². The van der Waals surface area contributed by atoms with E-state index in [0.717, 1.165) is 5.56 Å². The third kappa shape index (κ3) is 5.32. The fourth-order valence-corrected chi connectivity index (χ4v) is 5.09. The highest BCUT2D eigenvalue weighted by atomic mass is 35.5. The zero-order chi connectivity index (χ0) is 25.9. The highest BCUT2D eigenvalue weighted by molar-refractivity contribution is 7.90. The number of aromatic nitrogens is 1. The number of hydrogen-bond acceptors (Lipinski definition) is 6. The van der Waals surface area contributed by atoms with E-state index in [0.29, 0.717) is 28.4 Å². The number of benzodiazepines with no additional fused rings is 1. The van der Waals surface area contributed by atoms with E-state index in [1.165, 1.54) is 29.4 Å². The minimum atomic E-state index is -4.14. The highest BCUT2D eigenvalue weighted by Gasteiger charge is 2.36. The van der Waals surface area contributed by atoms with Gasteiger partial charge in [-0.25, -0.2) is 13.1 Å². The summed E-state index contributed by atoms with van der Waals surface area (Å²) in [4.78, 5) is 36.6. The number of nitrogens with one attached hydrogen (secondary N) is 1. The highest BCUT2D eigenvalue weighted by Crippen LogP contribution is 2.33. The zero-order valence-corrected chi connectivity index (χ0v) is 21.3. The number of aliphatic imine (C=N–C) groups is 1. The molecule has 0 saturated carbocycles. The Hall–Kier alpha value is -3.56. The summed E-state index contributed by atoms with van der Waals surface area (Å²) in [6, 6.07) is 16.2. The Kier molecular flexibility index (Phi) is 7.51. The lowest BCUT2D eigenvalue weighted by Crippen LogP contribution is -2.47. The molecule has 3 aromatic rings. The van der Waals surface area contributed by atoms with Crippen LogP contribution >= 0.6 is 11.6 Å². The van der Waals surface area contributed by atoms with Gasteiger partial charge in [-0.3, -0.25) is 19.6 Å². The first kappa shape index (κ1) is 25.5. The Morgan fingerprint density at radius 2 is 1.81 bits per heavy atom. The molecule has 4 rings (SSSR count). The molecule has 0 fully saturated rings. The SMILES string of the molecule is CC[C@H](C)C1N=C(c2ccccc2)c2cc(Cl)ccc2N(CC(=O)NS(=O)(=O)c2ccncc2)C1=O. The van der Waals surface area contributed by atoms with E-state index in [4.69, 9.17) is 16.6 Å². The summed E-state index contributed by atoms with van der Waals surface area (Å²) >= 11 is 6.33. The lowest BCUT2D eigenvalue weighted by atomic mass is 9.98. The maximum atomic E-state index is 13.8. The van der Waals surface area contributed by atoms with E-state index < -0.39 is 34.4 Å². The number of pyridine rings is 1.